The Kier molecular flexibility index (Phi) is 7.84. The fraction of sp³-hybridized carbons (Fsp3) is 0.429. The maximum atomic E-state index is 12.6. The van der Waals surface area contributed by atoms with Gasteiger partial charge in [0, 0.05) is 26.8 Å². The van der Waals surface area contributed by atoms with Gasteiger partial charge in [0.05, 0.1) is 34.6 Å². The van der Waals surface area contributed by atoms with E-state index in [1.807, 2.05) is 56.6 Å². The van der Waals surface area contributed by atoms with Gasteiger partial charge in [-0.25, -0.2) is 13.4 Å². The highest BCUT2D eigenvalue weighted by Crippen LogP contribution is 2.42. The van der Waals surface area contributed by atoms with Gasteiger partial charge in [-0.15, -0.1) is 10.2 Å². The number of aromatic nitrogens is 5. The Morgan fingerprint density at radius 1 is 1.22 bits per heavy atom. The number of aryl methyl sites for hydroxylation is 1. The predicted molar refractivity (Wildman–Crippen MR) is 159 cm³/mol. The van der Waals surface area contributed by atoms with Crippen LogP contribution in [0.2, 0.25) is 5.02 Å². The monoisotopic (exact) mass is 598 g/mol. The number of benzene rings is 1. The van der Waals surface area contributed by atoms with Gasteiger partial charge in [-0.2, -0.15) is 5.10 Å². The largest absolute Gasteiger partial charge is 0.419 e. The van der Waals surface area contributed by atoms with Crippen LogP contribution in [0, 0.1) is 11.8 Å². The van der Waals surface area contributed by atoms with Crippen LogP contribution in [0.3, 0.4) is 0 Å². The highest BCUT2D eigenvalue weighted by Gasteiger charge is 2.36. The van der Waals surface area contributed by atoms with E-state index in [-0.39, 0.29) is 22.6 Å². The van der Waals surface area contributed by atoms with Crippen molar-refractivity contribution in [3.05, 3.63) is 70.8 Å². The summed E-state index contributed by atoms with van der Waals surface area (Å²) in [5.41, 5.74) is 7.93. The number of rotatable bonds is 11. The number of hydrogen-bond acceptors (Lipinski definition) is 9. The fourth-order valence-electron chi connectivity index (χ4n) is 4.76. The van der Waals surface area contributed by atoms with Crippen LogP contribution < -0.4 is 14.9 Å². The van der Waals surface area contributed by atoms with Crippen molar-refractivity contribution in [1.82, 2.24) is 25.0 Å². The number of sulfonamides is 1. The molecule has 3 atom stereocenters. The average Bonchev–Trinajstić information content (AvgIpc) is 3.25. The van der Waals surface area contributed by atoms with Gasteiger partial charge in [0.2, 0.25) is 21.8 Å². The Hall–Kier alpha value is -3.48. The molecule has 0 spiro atoms. The first-order valence-electron chi connectivity index (χ1n) is 13.4. The summed E-state index contributed by atoms with van der Waals surface area (Å²) in [6, 6.07) is 13.5. The number of halogens is 1. The second kappa shape index (κ2) is 11.1. The van der Waals surface area contributed by atoms with Crippen LogP contribution in [0.25, 0.3) is 11.5 Å². The summed E-state index contributed by atoms with van der Waals surface area (Å²) in [5.74, 6) is 2.04. The third kappa shape index (κ3) is 6.55. The molecule has 0 aliphatic heterocycles. The number of pyridine rings is 1. The first-order chi connectivity index (χ1) is 19.3. The van der Waals surface area contributed by atoms with Crippen molar-refractivity contribution in [3.63, 3.8) is 0 Å². The van der Waals surface area contributed by atoms with E-state index < -0.39 is 15.6 Å². The van der Waals surface area contributed by atoms with Crippen molar-refractivity contribution in [2.24, 2.45) is 24.6 Å². The van der Waals surface area contributed by atoms with Crippen molar-refractivity contribution in [2.45, 2.75) is 38.8 Å². The Balaban J connectivity index is 1.57. The second-order valence-electron chi connectivity index (χ2n) is 11.2. The molecule has 5 rings (SSSR count). The van der Waals surface area contributed by atoms with E-state index in [9.17, 15) is 8.42 Å². The van der Waals surface area contributed by atoms with E-state index >= 15 is 0 Å². The normalized spacial score (nSPS) is 18.2. The minimum absolute atomic E-state index is 0.0658. The van der Waals surface area contributed by atoms with E-state index in [4.69, 9.17) is 26.7 Å². The fourth-order valence-corrected chi connectivity index (χ4v) is 5.56. The highest BCUT2D eigenvalue weighted by atomic mass is 35.5. The zero-order valence-electron chi connectivity index (χ0n) is 23.8. The van der Waals surface area contributed by atoms with Crippen molar-refractivity contribution in [1.29, 1.82) is 0 Å². The van der Waals surface area contributed by atoms with Gasteiger partial charge in [0.25, 0.3) is 0 Å². The molecule has 218 valence electrons. The third-order valence-electron chi connectivity index (χ3n) is 7.46. The smallest absolute Gasteiger partial charge is 0.249 e. The molecule has 0 saturated heterocycles. The molecule has 2 N–H and O–H groups in total. The van der Waals surface area contributed by atoms with E-state index in [1.165, 1.54) is 7.05 Å². The number of nitrogens with two attached hydrogens (primary N) is 1. The second-order valence-corrected chi connectivity index (χ2v) is 13.6. The third-order valence-corrected chi connectivity index (χ3v) is 9.00. The highest BCUT2D eigenvalue weighted by molar-refractivity contribution is 7.92. The zero-order valence-corrected chi connectivity index (χ0v) is 25.4. The summed E-state index contributed by atoms with van der Waals surface area (Å²) in [7, 11) is -0.400. The SMILES string of the molecule is CC1CC1CN(Cc1ccn(C)n1)c1cc(-c2nnc(C(C)(N)Cc3ccccc3)o2)c(Cl)c(N(C)S(C)(=O)=O)n1. The molecule has 1 saturated carbocycles. The Bertz CT molecular complexity index is 1640. The predicted octanol–water partition coefficient (Wildman–Crippen LogP) is 3.99. The lowest BCUT2D eigenvalue weighted by molar-refractivity contribution is 0.355. The molecule has 1 aromatic carbocycles. The molecule has 1 aliphatic rings. The van der Waals surface area contributed by atoms with Gasteiger partial charge in [-0.1, -0.05) is 48.9 Å². The molecular formula is C28H35ClN8O3S. The van der Waals surface area contributed by atoms with E-state index in [1.54, 1.807) is 10.7 Å². The summed E-state index contributed by atoms with van der Waals surface area (Å²) in [4.78, 5) is 6.83. The molecule has 41 heavy (non-hydrogen) atoms. The van der Waals surface area contributed by atoms with Crippen molar-refractivity contribution in [3.8, 4) is 11.5 Å². The molecular weight excluding hydrogens is 564 g/mol. The molecule has 4 aromatic rings. The van der Waals surface area contributed by atoms with E-state index in [2.05, 4.69) is 27.1 Å². The molecule has 3 heterocycles. The van der Waals surface area contributed by atoms with E-state index in [0.717, 1.165) is 34.8 Å². The van der Waals surface area contributed by atoms with Crippen LogP contribution in [0.15, 0.2) is 53.1 Å². The van der Waals surface area contributed by atoms with Gasteiger partial charge < -0.3 is 15.1 Å². The zero-order chi connectivity index (χ0) is 29.5. The van der Waals surface area contributed by atoms with Crippen LogP contribution in [-0.2, 0) is 35.6 Å². The number of hydrogen-bond donors (Lipinski definition) is 1. The van der Waals surface area contributed by atoms with Crippen LogP contribution in [0.1, 0.15) is 37.4 Å². The topological polar surface area (TPSA) is 136 Å². The van der Waals surface area contributed by atoms with Crippen LogP contribution in [0.4, 0.5) is 11.6 Å². The lowest BCUT2D eigenvalue weighted by Crippen LogP contribution is -2.35. The Labute approximate surface area is 245 Å². The summed E-state index contributed by atoms with van der Waals surface area (Å²) < 4.78 is 34.1. The molecule has 1 fully saturated rings. The van der Waals surface area contributed by atoms with Crippen LogP contribution in [0.5, 0.6) is 0 Å². The van der Waals surface area contributed by atoms with Gasteiger partial charge >= 0.3 is 0 Å². The first kappa shape index (κ1) is 29.0. The Morgan fingerprint density at radius 3 is 2.54 bits per heavy atom. The molecule has 3 unspecified atom stereocenters. The van der Waals surface area contributed by atoms with Crippen molar-refractivity contribution >= 4 is 33.3 Å². The Morgan fingerprint density at radius 2 is 1.93 bits per heavy atom. The molecule has 0 bridgehead atoms. The van der Waals surface area contributed by atoms with Crippen molar-refractivity contribution < 1.29 is 12.8 Å². The van der Waals surface area contributed by atoms with Gasteiger partial charge in [-0.05, 0) is 49.3 Å². The summed E-state index contributed by atoms with van der Waals surface area (Å²) in [5, 5.41) is 13.2. The standard InChI is InChI=1S/C28H35ClN8O3S/c1-18-13-20(18)16-37(17-21-11-12-35(3)34-21)23-14-22(24(29)25(31-23)36(4)41(5,38)39)26-32-33-27(40-26)28(2,30)15-19-9-7-6-8-10-19/h6-12,14,18,20H,13,15-17,30H2,1-5H3. The molecule has 13 heteroatoms. The first-order valence-corrected chi connectivity index (χ1v) is 15.6. The van der Waals surface area contributed by atoms with Gasteiger partial charge in [0.15, 0.2) is 5.82 Å². The molecule has 11 nitrogen and oxygen atoms in total. The molecule has 0 radical (unpaired) electrons. The quantitative estimate of drug-likeness (QED) is 0.272. The van der Waals surface area contributed by atoms with Crippen LogP contribution >= 0.6 is 11.6 Å². The minimum atomic E-state index is -3.68. The lowest BCUT2D eigenvalue weighted by atomic mass is 9.94. The van der Waals surface area contributed by atoms with Gasteiger partial charge in [-0.3, -0.25) is 8.99 Å². The summed E-state index contributed by atoms with van der Waals surface area (Å²) >= 11 is 6.82. The summed E-state index contributed by atoms with van der Waals surface area (Å²) in [6.45, 7) is 5.24. The lowest BCUT2D eigenvalue weighted by Gasteiger charge is -2.26. The van der Waals surface area contributed by atoms with Gasteiger partial charge in [0.1, 0.15) is 5.82 Å². The molecule has 1 aliphatic carbocycles. The average molecular weight is 599 g/mol. The molecule has 3 aromatic heterocycles. The minimum Gasteiger partial charge on any atom is -0.419 e. The number of nitrogens with zero attached hydrogens (tertiary/aromatic N) is 7. The molecule has 0 amide bonds. The number of anilines is 2. The maximum Gasteiger partial charge on any atom is 0.249 e. The van der Waals surface area contributed by atoms with E-state index in [0.29, 0.717) is 36.2 Å². The van der Waals surface area contributed by atoms with Crippen LogP contribution in [-0.4, -0.2) is 53.2 Å². The summed E-state index contributed by atoms with van der Waals surface area (Å²) in [6.07, 6.45) is 4.57. The maximum absolute atomic E-state index is 12.6. The van der Waals surface area contributed by atoms with Crippen molar-refractivity contribution in [2.75, 3.05) is 29.1 Å².